The van der Waals surface area contributed by atoms with Crippen molar-refractivity contribution in [1.82, 2.24) is 20.1 Å². The third kappa shape index (κ3) is 2.36. The van der Waals surface area contributed by atoms with Gasteiger partial charge < -0.3 is 10.1 Å². The smallest absolute Gasteiger partial charge is 0.222 e. The van der Waals surface area contributed by atoms with Gasteiger partial charge in [-0.2, -0.15) is 5.10 Å². The Labute approximate surface area is 112 Å². The molecule has 1 aliphatic heterocycles. The minimum Gasteiger partial charge on any atom is -0.377 e. The van der Waals surface area contributed by atoms with Crippen LogP contribution in [0.3, 0.4) is 0 Å². The number of nitrogens with one attached hydrogen (secondary N) is 1. The zero-order valence-corrected chi connectivity index (χ0v) is 11.2. The number of hydrogen-bond acceptors (Lipinski definition) is 4. The van der Waals surface area contributed by atoms with E-state index < -0.39 is 0 Å². The van der Waals surface area contributed by atoms with Crippen LogP contribution in [-0.4, -0.2) is 39.4 Å². The van der Waals surface area contributed by atoms with Crippen LogP contribution in [0.5, 0.6) is 0 Å². The monoisotopic (exact) mass is 264 g/mol. The molecule has 1 saturated heterocycles. The average molecular weight is 264 g/mol. The van der Waals surface area contributed by atoms with E-state index in [1.165, 1.54) is 6.33 Å². The van der Waals surface area contributed by atoms with Crippen molar-refractivity contribution in [2.75, 3.05) is 6.61 Å². The van der Waals surface area contributed by atoms with Gasteiger partial charge in [-0.15, -0.1) is 0 Å². The Morgan fingerprint density at radius 3 is 3.21 bits per heavy atom. The molecule has 0 aromatic carbocycles. The number of carbonyl (C=O) groups is 1. The molecule has 2 heterocycles. The highest BCUT2D eigenvalue weighted by Crippen LogP contribution is 2.45. The first-order valence-electron chi connectivity index (χ1n) is 7.03. The summed E-state index contributed by atoms with van der Waals surface area (Å²) in [5.41, 5.74) is 0. The molecular weight excluding hydrogens is 244 g/mol. The molecule has 0 bridgehead atoms. The van der Waals surface area contributed by atoms with Gasteiger partial charge in [0.15, 0.2) is 0 Å². The predicted octanol–water partition coefficient (Wildman–Crippen LogP) is 0.598. The van der Waals surface area contributed by atoms with Crippen LogP contribution in [0.15, 0.2) is 12.7 Å². The summed E-state index contributed by atoms with van der Waals surface area (Å²) in [5.74, 6) is 1.12. The summed E-state index contributed by atoms with van der Waals surface area (Å²) in [5, 5.41) is 7.16. The van der Waals surface area contributed by atoms with E-state index in [9.17, 15) is 4.79 Å². The van der Waals surface area contributed by atoms with E-state index in [0.717, 1.165) is 19.4 Å². The Balaban J connectivity index is 1.49. The molecule has 1 aliphatic carbocycles. The average Bonchev–Trinajstić information content (AvgIpc) is 3.04. The van der Waals surface area contributed by atoms with Crippen LogP contribution in [0.25, 0.3) is 0 Å². The molecule has 1 amide bonds. The fourth-order valence-electron chi connectivity index (χ4n) is 3.35. The quantitative estimate of drug-likeness (QED) is 0.845. The van der Waals surface area contributed by atoms with E-state index in [1.54, 1.807) is 11.0 Å². The number of rotatable bonds is 5. The number of aryl methyl sites for hydroxylation is 1. The minimum atomic E-state index is 0.101. The molecule has 1 aromatic heterocycles. The van der Waals surface area contributed by atoms with Crippen LogP contribution in [-0.2, 0) is 16.1 Å². The number of aromatic nitrogens is 3. The summed E-state index contributed by atoms with van der Waals surface area (Å²) in [7, 11) is 0. The molecular formula is C13H20N4O2. The Kier molecular flexibility index (Phi) is 3.50. The fourth-order valence-corrected chi connectivity index (χ4v) is 3.35. The zero-order valence-electron chi connectivity index (χ0n) is 11.2. The van der Waals surface area contributed by atoms with Gasteiger partial charge in [0.2, 0.25) is 5.91 Å². The topological polar surface area (TPSA) is 69.0 Å². The van der Waals surface area contributed by atoms with Crippen molar-refractivity contribution >= 4 is 5.91 Å². The van der Waals surface area contributed by atoms with E-state index in [0.29, 0.717) is 36.9 Å². The van der Waals surface area contributed by atoms with Crippen molar-refractivity contribution in [1.29, 1.82) is 0 Å². The molecule has 2 fully saturated rings. The maximum absolute atomic E-state index is 12.0. The first-order valence-corrected chi connectivity index (χ1v) is 7.03. The third-order valence-corrected chi connectivity index (χ3v) is 4.36. The van der Waals surface area contributed by atoms with E-state index in [-0.39, 0.29) is 5.91 Å². The molecule has 2 aliphatic rings. The van der Waals surface area contributed by atoms with Gasteiger partial charge in [0.25, 0.3) is 0 Å². The van der Waals surface area contributed by atoms with E-state index in [2.05, 4.69) is 22.3 Å². The molecule has 4 atom stereocenters. The molecule has 0 radical (unpaired) electrons. The van der Waals surface area contributed by atoms with Gasteiger partial charge in [0, 0.05) is 30.9 Å². The van der Waals surface area contributed by atoms with Crippen LogP contribution < -0.4 is 5.32 Å². The minimum absolute atomic E-state index is 0.101. The lowest BCUT2D eigenvalue weighted by Crippen LogP contribution is -2.61. The normalized spacial score (nSPS) is 32.7. The van der Waals surface area contributed by atoms with Gasteiger partial charge >= 0.3 is 0 Å². The third-order valence-electron chi connectivity index (χ3n) is 4.36. The van der Waals surface area contributed by atoms with Gasteiger partial charge in [-0.1, -0.05) is 6.92 Å². The Bertz CT molecular complexity index is 434. The highest BCUT2D eigenvalue weighted by Gasteiger charge is 2.53. The second-order valence-electron chi connectivity index (χ2n) is 5.36. The fraction of sp³-hybridized carbons (Fsp3) is 0.769. The lowest BCUT2D eigenvalue weighted by Gasteiger charge is -2.47. The van der Waals surface area contributed by atoms with Crippen molar-refractivity contribution < 1.29 is 9.53 Å². The predicted molar refractivity (Wildman–Crippen MR) is 68.2 cm³/mol. The van der Waals surface area contributed by atoms with Crippen molar-refractivity contribution in [2.24, 2.45) is 11.8 Å². The van der Waals surface area contributed by atoms with Crippen LogP contribution in [0, 0.1) is 11.8 Å². The van der Waals surface area contributed by atoms with Crippen LogP contribution in [0.2, 0.25) is 0 Å². The molecule has 19 heavy (non-hydrogen) atoms. The number of carbonyl (C=O) groups excluding carboxylic acids is 1. The maximum atomic E-state index is 12.0. The summed E-state index contributed by atoms with van der Waals surface area (Å²) in [4.78, 5) is 15.8. The highest BCUT2D eigenvalue weighted by atomic mass is 16.5. The number of amides is 1. The van der Waals surface area contributed by atoms with E-state index >= 15 is 0 Å². The van der Waals surface area contributed by atoms with Gasteiger partial charge in [0.1, 0.15) is 12.7 Å². The van der Waals surface area contributed by atoms with Crippen LogP contribution in [0.1, 0.15) is 26.2 Å². The molecule has 104 valence electrons. The van der Waals surface area contributed by atoms with Gasteiger partial charge in [0.05, 0.1) is 12.6 Å². The lowest BCUT2D eigenvalue weighted by molar-refractivity contribution is -0.127. The standard InChI is InChI=1S/C13H20N4O2/c1-2-9-12(10-4-6-19-13(9)10)16-11(18)3-5-17-8-14-7-15-17/h7-10,12-13H,2-6H2,1H3,(H,16,18)/t9-,10+,12-,13-/m0/s1. The molecule has 1 N–H and O–H groups in total. The molecule has 6 heteroatoms. The van der Waals surface area contributed by atoms with Gasteiger partial charge in [-0.05, 0) is 12.8 Å². The second-order valence-corrected chi connectivity index (χ2v) is 5.36. The first kappa shape index (κ1) is 12.6. The summed E-state index contributed by atoms with van der Waals surface area (Å²) in [6.45, 7) is 3.59. The molecule has 1 saturated carbocycles. The van der Waals surface area contributed by atoms with E-state index in [4.69, 9.17) is 4.74 Å². The number of ether oxygens (including phenoxy) is 1. The van der Waals surface area contributed by atoms with Crippen molar-refractivity contribution in [3.05, 3.63) is 12.7 Å². The summed E-state index contributed by atoms with van der Waals surface area (Å²) < 4.78 is 7.39. The molecule has 6 nitrogen and oxygen atoms in total. The van der Waals surface area contributed by atoms with Crippen molar-refractivity contribution in [2.45, 2.75) is 44.9 Å². The Hall–Kier alpha value is -1.43. The largest absolute Gasteiger partial charge is 0.377 e. The van der Waals surface area contributed by atoms with Crippen LogP contribution in [0.4, 0.5) is 0 Å². The Morgan fingerprint density at radius 2 is 2.47 bits per heavy atom. The Morgan fingerprint density at radius 1 is 1.58 bits per heavy atom. The highest BCUT2D eigenvalue weighted by molar-refractivity contribution is 5.76. The summed E-state index contributed by atoms with van der Waals surface area (Å²) in [6, 6.07) is 0.306. The number of hydrogen-bond donors (Lipinski definition) is 1. The summed E-state index contributed by atoms with van der Waals surface area (Å²) in [6.07, 6.45) is 6.09. The second kappa shape index (κ2) is 5.28. The molecule has 0 spiro atoms. The molecule has 3 rings (SSSR count). The van der Waals surface area contributed by atoms with Crippen LogP contribution >= 0.6 is 0 Å². The molecule has 0 unspecified atom stereocenters. The van der Waals surface area contributed by atoms with Gasteiger partial charge in [-0.3, -0.25) is 9.48 Å². The maximum Gasteiger partial charge on any atom is 0.222 e. The first-order chi connectivity index (χ1) is 9.29. The summed E-state index contributed by atoms with van der Waals surface area (Å²) >= 11 is 0. The van der Waals surface area contributed by atoms with Gasteiger partial charge in [-0.25, -0.2) is 4.98 Å². The zero-order chi connectivity index (χ0) is 13.2. The van der Waals surface area contributed by atoms with Crippen molar-refractivity contribution in [3.63, 3.8) is 0 Å². The lowest BCUT2D eigenvalue weighted by atomic mass is 9.65. The molecule has 1 aromatic rings. The number of fused-ring (bicyclic) bond motifs is 1. The van der Waals surface area contributed by atoms with Crippen molar-refractivity contribution in [3.8, 4) is 0 Å². The van der Waals surface area contributed by atoms with E-state index in [1.807, 2.05) is 0 Å². The number of nitrogens with zero attached hydrogens (tertiary/aromatic N) is 3. The SMILES string of the molecule is CC[C@H]1[C@H](NC(=O)CCn2cncn2)[C@H]2CCO[C@H]21.